The predicted octanol–water partition coefficient (Wildman–Crippen LogP) is 1.79. The van der Waals surface area contributed by atoms with Gasteiger partial charge in [0.25, 0.3) is 5.91 Å². The first kappa shape index (κ1) is 22.1. The van der Waals surface area contributed by atoms with Gasteiger partial charge in [0.1, 0.15) is 11.7 Å². The van der Waals surface area contributed by atoms with Crippen LogP contribution < -0.4 is 16.0 Å². The van der Waals surface area contributed by atoms with E-state index in [1.807, 2.05) is 32.0 Å². The van der Waals surface area contributed by atoms with E-state index in [0.29, 0.717) is 44.7 Å². The van der Waals surface area contributed by atoms with Gasteiger partial charge in [-0.25, -0.2) is 0 Å². The Morgan fingerprint density at radius 1 is 1.30 bits per heavy atom. The Morgan fingerprint density at radius 3 is 2.87 bits per heavy atom. The van der Waals surface area contributed by atoms with Crippen molar-refractivity contribution >= 4 is 23.4 Å². The third-order valence-electron chi connectivity index (χ3n) is 5.83. The summed E-state index contributed by atoms with van der Waals surface area (Å²) in [5, 5.41) is 9.41. The lowest BCUT2D eigenvalue weighted by Crippen LogP contribution is -2.58. The number of carbonyl (C=O) groups is 3. The highest BCUT2D eigenvalue weighted by atomic mass is 16.5. The normalized spacial score (nSPS) is 22.0. The maximum absolute atomic E-state index is 12.8. The van der Waals surface area contributed by atoms with E-state index in [2.05, 4.69) is 16.0 Å². The topological polar surface area (TPSA) is 99.8 Å². The van der Waals surface area contributed by atoms with Gasteiger partial charge < -0.3 is 25.6 Å². The second-order valence-corrected chi connectivity index (χ2v) is 8.06. The number of aryl methyl sites for hydroxylation is 1. The van der Waals surface area contributed by atoms with E-state index in [4.69, 9.17) is 4.74 Å². The van der Waals surface area contributed by atoms with Crippen LogP contribution in [0.1, 0.15) is 55.5 Å². The summed E-state index contributed by atoms with van der Waals surface area (Å²) >= 11 is 0. The molecule has 8 nitrogen and oxygen atoms in total. The predicted molar refractivity (Wildman–Crippen MR) is 114 cm³/mol. The fraction of sp³-hybridized carbons (Fsp3) is 0.591. The molecule has 1 fully saturated rings. The second kappa shape index (κ2) is 9.47. The van der Waals surface area contributed by atoms with Gasteiger partial charge in [-0.3, -0.25) is 14.4 Å². The molecule has 30 heavy (non-hydrogen) atoms. The quantitative estimate of drug-likeness (QED) is 0.589. The number of carbonyl (C=O) groups excluding carboxylic acids is 3. The van der Waals surface area contributed by atoms with Crippen LogP contribution in [0.15, 0.2) is 18.2 Å². The minimum Gasteiger partial charge on any atom is -0.382 e. The van der Waals surface area contributed by atoms with Gasteiger partial charge in [0.2, 0.25) is 11.8 Å². The average Bonchev–Trinajstić information content (AvgIpc) is 2.86. The lowest BCUT2D eigenvalue weighted by Gasteiger charge is -2.40. The van der Waals surface area contributed by atoms with Crippen molar-refractivity contribution in [1.29, 1.82) is 0 Å². The Hall–Kier alpha value is -2.61. The van der Waals surface area contributed by atoms with Crippen molar-refractivity contribution in [2.24, 2.45) is 0 Å². The molecule has 2 heterocycles. The molecule has 1 aromatic carbocycles. The molecule has 0 saturated carbocycles. The molecule has 164 valence electrons. The molecule has 2 aliphatic heterocycles. The number of rotatable bonds is 7. The minimum atomic E-state index is -0.685. The molecule has 3 rings (SSSR count). The van der Waals surface area contributed by atoms with Crippen LogP contribution in [-0.2, 0) is 14.3 Å². The van der Waals surface area contributed by atoms with E-state index in [1.54, 1.807) is 11.8 Å². The van der Waals surface area contributed by atoms with Gasteiger partial charge in [0.05, 0.1) is 5.56 Å². The summed E-state index contributed by atoms with van der Waals surface area (Å²) in [5.74, 6) is -0.378. The molecule has 0 unspecified atom stereocenters. The number of nitrogens with zero attached hydrogens (tertiary/aromatic N) is 1. The van der Waals surface area contributed by atoms with Gasteiger partial charge in [0, 0.05) is 44.8 Å². The number of amides is 3. The van der Waals surface area contributed by atoms with Gasteiger partial charge in [-0.15, -0.1) is 0 Å². The van der Waals surface area contributed by atoms with Crippen LogP contribution in [0, 0.1) is 6.92 Å². The van der Waals surface area contributed by atoms with Crippen molar-refractivity contribution in [3.8, 4) is 0 Å². The van der Waals surface area contributed by atoms with Gasteiger partial charge in [0.15, 0.2) is 0 Å². The fourth-order valence-electron chi connectivity index (χ4n) is 4.04. The molecule has 1 aromatic rings. The van der Waals surface area contributed by atoms with E-state index in [1.165, 1.54) is 0 Å². The first-order valence-corrected chi connectivity index (χ1v) is 10.7. The molecule has 0 aliphatic carbocycles. The van der Waals surface area contributed by atoms with Gasteiger partial charge >= 0.3 is 0 Å². The maximum Gasteiger partial charge on any atom is 0.255 e. The fourth-order valence-corrected chi connectivity index (χ4v) is 4.04. The second-order valence-electron chi connectivity index (χ2n) is 8.06. The third kappa shape index (κ3) is 4.92. The van der Waals surface area contributed by atoms with Crippen molar-refractivity contribution in [1.82, 2.24) is 15.5 Å². The molecule has 0 radical (unpaired) electrons. The number of nitrogens with one attached hydrogen (secondary N) is 3. The Labute approximate surface area is 177 Å². The molecule has 1 saturated heterocycles. The number of hydrogen-bond donors (Lipinski definition) is 3. The zero-order valence-corrected chi connectivity index (χ0v) is 18.0. The highest BCUT2D eigenvalue weighted by Gasteiger charge is 2.41. The summed E-state index contributed by atoms with van der Waals surface area (Å²) in [6.45, 7) is 7.82. The first-order valence-electron chi connectivity index (χ1n) is 10.7. The monoisotopic (exact) mass is 416 g/mol. The zero-order valence-electron chi connectivity index (χ0n) is 18.0. The maximum atomic E-state index is 12.8. The summed E-state index contributed by atoms with van der Waals surface area (Å²) in [7, 11) is 0. The number of likely N-dealkylation sites (tertiary alicyclic amines) is 1. The van der Waals surface area contributed by atoms with Crippen LogP contribution in [0.5, 0.6) is 0 Å². The molecular formula is C22H32N4O4. The lowest BCUT2D eigenvalue weighted by molar-refractivity contribution is -0.139. The first-order chi connectivity index (χ1) is 14.3. The number of anilines is 1. The summed E-state index contributed by atoms with van der Waals surface area (Å²) < 4.78 is 5.27. The molecule has 3 N–H and O–H groups in total. The van der Waals surface area contributed by atoms with Crippen LogP contribution in [0.4, 0.5) is 5.69 Å². The molecule has 2 aliphatic rings. The molecule has 0 bridgehead atoms. The van der Waals surface area contributed by atoms with Crippen LogP contribution in [0.25, 0.3) is 0 Å². The summed E-state index contributed by atoms with van der Waals surface area (Å²) in [6.07, 6.45) is 2.00. The number of ether oxygens (including phenoxy) is 1. The summed E-state index contributed by atoms with van der Waals surface area (Å²) in [4.78, 5) is 39.6. The summed E-state index contributed by atoms with van der Waals surface area (Å²) in [6, 6.07) is 5.11. The standard InChI is InChI=1S/C22H32N4O4/c1-4-30-13-5-11-23-20(28)16(3)26-12-10-22(9-8-19(26)27)24-18-14-15(2)6-7-17(18)21(29)25-22/h6-7,14,16,24H,4-5,8-13H2,1-3H3,(H,23,28)(H,25,29)/t16-,22-/m0/s1. The Balaban J connectivity index is 1.64. The number of fused-ring (bicyclic) bond motifs is 1. The van der Waals surface area contributed by atoms with E-state index in [0.717, 1.165) is 17.7 Å². The van der Waals surface area contributed by atoms with Crippen molar-refractivity contribution in [3.63, 3.8) is 0 Å². The highest BCUT2D eigenvalue weighted by molar-refractivity contribution is 6.02. The Bertz CT molecular complexity index is 812. The van der Waals surface area contributed by atoms with E-state index >= 15 is 0 Å². The van der Waals surface area contributed by atoms with Crippen molar-refractivity contribution in [3.05, 3.63) is 29.3 Å². The van der Waals surface area contributed by atoms with Crippen LogP contribution in [0.3, 0.4) is 0 Å². The number of benzene rings is 1. The van der Waals surface area contributed by atoms with E-state index in [-0.39, 0.29) is 24.1 Å². The van der Waals surface area contributed by atoms with Crippen LogP contribution in [-0.4, -0.2) is 60.6 Å². The van der Waals surface area contributed by atoms with E-state index < -0.39 is 11.7 Å². The molecule has 2 atom stereocenters. The van der Waals surface area contributed by atoms with Gasteiger partial charge in [-0.2, -0.15) is 0 Å². The van der Waals surface area contributed by atoms with Crippen molar-refractivity contribution in [2.75, 3.05) is 31.6 Å². The zero-order chi connectivity index (χ0) is 21.7. The molecule has 1 spiro atoms. The molecule has 8 heteroatoms. The molecule has 0 aromatic heterocycles. The van der Waals surface area contributed by atoms with Gasteiger partial charge in [-0.05, 0) is 51.3 Å². The molecule has 3 amide bonds. The lowest BCUT2D eigenvalue weighted by atomic mass is 9.94. The van der Waals surface area contributed by atoms with Crippen LogP contribution in [0.2, 0.25) is 0 Å². The summed E-state index contributed by atoms with van der Waals surface area (Å²) in [5.41, 5.74) is 1.78. The van der Waals surface area contributed by atoms with Gasteiger partial charge in [-0.1, -0.05) is 6.07 Å². The minimum absolute atomic E-state index is 0.0741. The van der Waals surface area contributed by atoms with Crippen LogP contribution >= 0.6 is 0 Å². The van der Waals surface area contributed by atoms with Crippen molar-refractivity contribution < 1.29 is 19.1 Å². The molecular weight excluding hydrogens is 384 g/mol. The SMILES string of the molecule is CCOCCCNC(=O)[C@H](C)N1CC[C@]2(CCC1=O)NC(=O)c1ccc(C)cc1N2. The highest BCUT2D eigenvalue weighted by Crippen LogP contribution is 2.32. The third-order valence-corrected chi connectivity index (χ3v) is 5.83. The van der Waals surface area contributed by atoms with Crippen molar-refractivity contribution in [2.45, 2.75) is 58.2 Å². The Morgan fingerprint density at radius 2 is 2.10 bits per heavy atom. The largest absolute Gasteiger partial charge is 0.382 e. The van der Waals surface area contributed by atoms with E-state index in [9.17, 15) is 14.4 Å². The number of hydrogen-bond acceptors (Lipinski definition) is 5. The Kier molecular flexibility index (Phi) is 6.97. The smallest absolute Gasteiger partial charge is 0.255 e. The average molecular weight is 417 g/mol.